The van der Waals surface area contributed by atoms with Gasteiger partial charge in [-0.15, -0.1) is 0 Å². The zero-order chi connectivity index (χ0) is 11.6. The number of halogens is 3. The number of nitrogens with zero attached hydrogens (tertiary/aromatic N) is 1. The molecule has 82 valence electrons. The lowest BCUT2D eigenvalue weighted by atomic mass is 10.2. The summed E-state index contributed by atoms with van der Waals surface area (Å²) in [5, 5.41) is 8.61. The van der Waals surface area contributed by atoms with E-state index >= 15 is 0 Å². The van der Waals surface area contributed by atoms with Gasteiger partial charge in [-0.1, -0.05) is 11.6 Å². The van der Waals surface area contributed by atoms with Crippen molar-refractivity contribution in [2.45, 2.75) is 6.43 Å². The molecule has 0 radical (unpaired) electrons. The molecule has 0 spiro atoms. The van der Waals surface area contributed by atoms with Gasteiger partial charge < -0.3 is 9.84 Å². The Balaban J connectivity index is 3.49. The molecule has 0 aliphatic carbocycles. The van der Waals surface area contributed by atoms with Crippen LogP contribution < -0.4 is 4.74 Å². The molecule has 15 heavy (non-hydrogen) atoms. The first-order valence-electron chi connectivity index (χ1n) is 3.72. The number of carboxylic acids is 1. The van der Waals surface area contributed by atoms with Gasteiger partial charge in [-0.3, -0.25) is 4.98 Å². The highest BCUT2D eigenvalue weighted by Gasteiger charge is 2.25. The summed E-state index contributed by atoms with van der Waals surface area (Å²) in [7, 11) is 1.14. The number of methoxy groups -OCH3 is 1. The molecule has 0 aliphatic rings. The van der Waals surface area contributed by atoms with Gasteiger partial charge in [0, 0.05) is 6.20 Å². The summed E-state index contributed by atoms with van der Waals surface area (Å²) in [5.41, 5.74) is -1.57. The fourth-order valence-corrected chi connectivity index (χ4v) is 1.28. The molecule has 0 aromatic carbocycles. The lowest BCUT2D eigenvalue weighted by molar-refractivity contribution is 0.0678. The summed E-state index contributed by atoms with van der Waals surface area (Å²) < 4.78 is 29.5. The van der Waals surface area contributed by atoms with E-state index in [1.807, 2.05) is 0 Å². The normalized spacial score (nSPS) is 10.5. The van der Waals surface area contributed by atoms with Crippen LogP contribution in [0.15, 0.2) is 6.20 Å². The van der Waals surface area contributed by atoms with Crippen molar-refractivity contribution in [3.8, 4) is 5.75 Å². The number of aromatic carboxylic acids is 1. The molecule has 1 aromatic heterocycles. The third-order valence-corrected chi connectivity index (χ3v) is 1.91. The molecule has 1 N–H and O–H groups in total. The number of hydrogen-bond donors (Lipinski definition) is 1. The van der Waals surface area contributed by atoms with Gasteiger partial charge >= 0.3 is 5.97 Å². The van der Waals surface area contributed by atoms with Crippen molar-refractivity contribution >= 4 is 17.6 Å². The van der Waals surface area contributed by atoms with Crippen LogP contribution in [0, 0.1) is 0 Å². The van der Waals surface area contributed by atoms with Crippen LogP contribution in [0.1, 0.15) is 22.5 Å². The minimum absolute atomic E-state index is 0.126. The smallest absolute Gasteiger partial charge is 0.341 e. The van der Waals surface area contributed by atoms with Crippen LogP contribution in [0.4, 0.5) is 8.78 Å². The summed E-state index contributed by atoms with van der Waals surface area (Å²) in [6, 6.07) is 0. The van der Waals surface area contributed by atoms with E-state index < -0.39 is 23.7 Å². The number of alkyl halides is 2. The first kappa shape index (κ1) is 11.6. The molecule has 7 heteroatoms. The Kier molecular flexibility index (Phi) is 3.41. The maximum absolute atomic E-state index is 12.4. The molecule has 0 amide bonds. The van der Waals surface area contributed by atoms with Crippen molar-refractivity contribution in [2.75, 3.05) is 7.11 Å². The van der Waals surface area contributed by atoms with Crippen LogP contribution in [0.5, 0.6) is 5.75 Å². The standard InChI is InChI=1S/C8H6ClF2NO3/c1-15-6-3(9)2-12-5(7(10)11)4(6)8(13)14/h2,7H,1H3,(H,13,14). The molecule has 0 fully saturated rings. The molecule has 1 rings (SSSR count). The molecular formula is C8H6ClF2NO3. The van der Waals surface area contributed by atoms with Crippen LogP contribution in [0.25, 0.3) is 0 Å². The molecule has 1 heterocycles. The first-order valence-corrected chi connectivity index (χ1v) is 4.10. The molecule has 0 bridgehead atoms. The molecule has 0 saturated heterocycles. The highest BCUT2D eigenvalue weighted by Crippen LogP contribution is 2.33. The van der Waals surface area contributed by atoms with Gasteiger partial charge in [0.25, 0.3) is 6.43 Å². The average Bonchev–Trinajstić information content (AvgIpc) is 2.16. The van der Waals surface area contributed by atoms with E-state index in [0.717, 1.165) is 13.3 Å². The van der Waals surface area contributed by atoms with Crippen LogP contribution >= 0.6 is 11.6 Å². The van der Waals surface area contributed by atoms with E-state index in [0.29, 0.717) is 0 Å². The second-order valence-electron chi connectivity index (χ2n) is 2.51. The van der Waals surface area contributed by atoms with Crippen LogP contribution in [0.3, 0.4) is 0 Å². The summed E-state index contributed by atoms with van der Waals surface area (Å²) in [6.07, 6.45) is -2.07. The predicted octanol–water partition coefficient (Wildman–Crippen LogP) is 2.38. The Labute approximate surface area is 88.4 Å². The fraction of sp³-hybridized carbons (Fsp3) is 0.250. The van der Waals surface area contributed by atoms with Crippen molar-refractivity contribution in [2.24, 2.45) is 0 Å². The second kappa shape index (κ2) is 4.39. The number of carbonyl (C=O) groups is 1. The number of carboxylic acid groups (broad SMARTS) is 1. The van der Waals surface area contributed by atoms with E-state index in [9.17, 15) is 13.6 Å². The maximum atomic E-state index is 12.4. The molecule has 0 aliphatic heterocycles. The van der Waals surface area contributed by atoms with Crippen LogP contribution in [-0.2, 0) is 0 Å². The Bertz CT molecular complexity index is 398. The number of hydrogen-bond acceptors (Lipinski definition) is 3. The third kappa shape index (κ3) is 2.15. The average molecular weight is 238 g/mol. The largest absolute Gasteiger partial charge is 0.494 e. The predicted molar refractivity (Wildman–Crippen MR) is 47.7 cm³/mol. The van der Waals surface area contributed by atoms with E-state index in [1.165, 1.54) is 0 Å². The van der Waals surface area contributed by atoms with Crippen LogP contribution in [-0.4, -0.2) is 23.2 Å². The molecule has 4 nitrogen and oxygen atoms in total. The molecule has 0 saturated carbocycles. The quantitative estimate of drug-likeness (QED) is 0.877. The first-order chi connectivity index (χ1) is 6.99. The van der Waals surface area contributed by atoms with Gasteiger partial charge in [0.2, 0.25) is 0 Å². The molecule has 0 unspecified atom stereocenters. The van der Waals surface area contributed by atoms with Gasteiger partial charge in [0.1, 0.15) is 16.3 Å². The molecule has 1 aromatic rings. The van der Waals surface area contributed by atoms with Crippen molar-refractivity contribution in [3.63, 3.8) is 0 Å². The lowest BCUT2D eigenvalue weighted by Gasteiger charge is -2.10. The Morgan fingerprint density at radius 2 is 2.27 bits per heavy atom. The number of ether oxygens (including phenoxy) is 1. The number of rotatable bonds is 3. The third-order valence-electron chi connectivity index (χ3n) is 1.64. The maximum Gasteiger partial charge on any atom is 0.341 e. The van der Waals surface area contributed by atoms with Gasteiger partial charge in [-0.05, 0) is 0 Å². The molecular weight excluding hydrogens is 232 g/mol. The van der Waals surface area contributed by atoms with Crippen molar-refractivity contribution in [1.82, 2.24) is 4.98 Å². The van der Waals surface area contributed by atoms with Crippen molar-refractivity contribution in [1.29, 1.82) is 0 Å². The fourth-order valence-electron chi connectivity index (χ4n) is 1.06. The number of pyridine rings is 1. The van der Waals surface area contributed by atoms with Gasteiger partial charge in [0.15, 0.2) is 5.75 Å². The second-order valence-corrected chi connectivity index (χ2v) is 2.91. The highest BCUT2D eigenvalue weighted by molar-refractivity contribution is 6.32. The minimum atomic E-state index is -3.00. The SMILES string of the molecule is COc1c(Cl)cnc(C(F)F)c1C(=O)O. The zero-order valence-electron chi connectivity index (χ0n) is 7.50. The number of aromatic nitrogens is 1. The summed E-state index contributed by atoms with van der Waals surface area (Å²) in [5.74, 6) is -1.87. The Morgan fingerprint density at radius 1 is 1.67 bits per heavy atom. The van der Waals surface area contributed by atoms with Gasteiger partial charge in [0.05, 0.1) is 7.11 Å². The summed E-state index contributed by atoms with van der Waals surface area (Å²) >= 11 is 5.55. The van der Waals surface area contributed by atoms with E-state index in [-0.39, 0.29) is 10.8 Å². The van der Waals surface area contributed by atoms with Gasteiger partial charge in [-0.2, -0.15) is 0 Å². The van der Waals surface area contributed by atoms with E-state index in [4.69, 9.17) is 16.7 Å². The van der Waals surface area contributed by atoms with Crippen molar-refractivity contribution < 1.29 is 23.4 Å². The monoisotopic (exact) mass is 237 g/mol. The highest BCUT2D eigenvalue weighted by atomic mass is 35.5. The zero-order valence-corrected chi connectivity index (χ0v) is 8.26. The Morgan fingerprint density at radius 3 is 2.67 bits per heavy atom. The van der Waals surface area contributed by atoms with E-state index in [1.54, 1.807) is 0 Å². The topological polar surface area (TPSA) is 59.4 Å². The van der Waals surface area contributed by atoms with Crippen molar-refractivity contribution in [3.05, 3.63) is 22.5 Å². The summed E-state index contributed by atoms with van der Waals surface area (Å²) in [6.45, 7) is 0. The Hall–Kier alpha value is -1.43. The van der Waals surface area contributed by atoms with Crippen LogP contribution in [0.2, 0.25) is 5.02 Å². The van der Waals surface area contributed by atoms with E-state index in [2.05, 4.69) is 9.72 Å². The summed E-state index contributed by atoms with van der Waals surface area (Å²) in [4.78, 5) is 14.0. The molecule has 0 atom stereocenters. The minimum Gasteiger partial charge on any atom is -0.494 e. The van der Waals surface area contributed by atoms with Gasteiger partial charge in [-0.25, -0.2) is 13.6 Å². The lowest BCUT2D eigenvalue weighted by Crippen LogP contribution is -2.08.